The first-order valence-corrected chi connectivity index (χ1v) is 7.34. The van der Waals surface area contributed by atoms with Gasteiger partial charge in [0.05, 0.1) is 0 Å². The summed E-state index contributed by atoms with van der Waals surface area (Å²) in [7, 11) is 0. The number of carbonyl (C=O) groups excluding carboxylic acids is 2. The van der Waals surface area contributed by atoms with E-state index in [9.17, 15) is 9.59 Å². The van der Waals surface area contributed by atoms with E-state index in [1.165, 1.54) is 5.54 Å². The first-order chi connectivity index (χ1) is 9.03. The summed E-state index contributed by atoms with van der Waals surface area (Å²) in [5.74, 6) is 0.121. The molecule has 1 N–H and O–H groups in total. The molecule has 0 bridgehead atoms. The largest absolute Gasteiger partial charge is 0.342 e. The van der Waals surface area contributed by atoms with E-state index in [1.54, 1.807) is 11.0 Å². The first kappa shape index (κ1) is 14.4. The predicted molar refractivity (Wildman–Crippen MR) is 74.7 cm³/mol. The Labute approximate surface area is 119 Å². The molecule has 2 rings (SSSR count). The number of amides is 2. The summed E-state index contributed by atoms with van der Waals surface area (Å²) < 4.78 is 0. The molecule has 0 aromatic carbocycles. The second-order valence-electron chi connectivity index (χ2n) is 5.74. The van der Waals surface area contributed by atoms with Crippen LogP contribution in [0.5, 0.6) is 0 Å². The summed E-state index contributed by atoms with van der Waals surface area (Å²) in [6, 6.07) is -0.414. The number of halogens is 1. The number of nitrogens with one attached hydrogen (secondary N) is 1. The van der Waals surface area contributed by atoms with Crippen LogP contribution in [0.1, 0.15) is 39.5 Å². The fourth-order valence-electron chi connectivity index (χ4n) is 3.16. The molecule has 1 saturated carbocycles. The Morgan fingerprint density at radius 1 is 1.42 bits per heavy atom. The quantitative estimate of drug-likeness (QED) is 0.862. The van der Waals surface area contributed by atoms with Crippen molar-refractivity contribution in [1.82, 2.24) is 10.2 Å². The van der Waals surface area contributed by atoms with Crippen LogP contribution in [0.15, 0.2) is 11.6 Å². The standard InChI is InChI=1S/C14H21ClN2O2/c1-10(2)11-12(18)17(9-5-8-15)14(13(19)16-11)6-3-4-7-14/h5,8,10-11H,3-4,6-7,9H2,1-2H3,(H,16,19)/b8-5+. The van der Waals surface area contributed by atoms with Gasteiger partial charge in [0, 0.05) is 12.1 Å². The van der Waals surface area contributed by atoms with Gasteiger partial charge in [0.25, 0.3) is 0 Å². The number of piperazine rings is 1. The van der Waals surface area contributed by atoms with Crippen molar-refractivity contribution in [2.45, 2.75) is 51.1 Å². The van der Waals surface area contributed by atoms with Crippen molar-refractivity contribution < 1.29 is 9.59 Å². The smallest absolute Gasteiger partial charge is 0.246 e. The van der Waals surface area contributed by atoms with Crippen molar-refractivity contribution in [3.05, 3.63) is 11.6 Å². The Balaban J connectivity index is 2.32. The SMILES string of the molecule is CC(C)C1NC(=O)C2(CCCC2)N(C/C=C/Cl)C1=O. The lowest BCUT2D eigenvalue weighted by Crippen LogP contribution is -2.70. The Bertz CT molecular complexity index is 400. The molecule has 1 spiro atoms. The Hall–Kier alpha value is -1.03. The lowest BCUT2D eigenvalue weighted by atomic mass is 9.87. The van der Waals surface area contributed by atoms with E-state index in [0.29, 0.717) is 6.54 Å². The van der Waals surface area contributed by atoms with Crippen molar-refractivity contribution >= 4 is 23.4 Å². The Morgan fingerprint density at radius 3 is 2.58 bits per heavy atom. The molecule has 0 aromatic rings. The van der Waals surface area contributed by atoms with Crippen molar-refractivity contribution in [1.29, 1.82) is 0 Å². The molecule has 106 valence electrons. The summed E-state index contributed by atoms with van der Waals surface area (Å²) in [4.78, 5) is 26.8. The zero-order valence-electron chi connectivity index (χ0n) is 11.5. The molecule has 0 radical (unpaired) electrons. The minimum absolute atomic E-state index is 0.00581. The molecule has 1 aliphatic heterocycles. The van der Waals surface area contributed by atoms with Crippen molar-refractivity contribution in [3.8, 4) is 0 Å². The van der Waals surface area contributed by atoms with Crippen LogP contribution in [0.25, 0.3) is 0 Å². The maximum absolute atomic E-state index is 12.6. The van der Waals surface area contributed by atoms with Crippen LogP contribution in [0, 0.1) is 5.92 Å². The van der Waals surface area contributed by atoms with Crippen LogP contribution >= 0.6 is 11.6 Å². The molecule has 5 heteroatoms. The van der Waals surface area contributed by atoms with Gasteiger partial charge in [0.2, 0.25) is 11.8 Å². The summed E-state index contributed by atoms with van der Waals surface area (Å²) in [5.41, 5.74) is 0.770. The van der Waals surface area contributed by atoms with E-state index in [4.69, 9.17) is 11.6 Å². The third-order valence-electron chi connectivity index (χ3n) is 4.23. The van der Waals surface area contributed by atoms with Gasteiger partial charge in [0.1, 0.15) is 11.6 Å². The molecule has 1 heterocycles. The van der Waals surface area contributed by atoms with Gasteiger partial charge in [-0.3, -0.25) is 9.59 Å². The van der Waals surface area contributed by atoms with Crippen LogP contribution < -0.4 is 5.32 Å². The number of hydrogen-bond donors (Lipinski definition) is 1. The number of carbonyl (C=O) groups is 2. The van der Waals surface area contributed by atoms with E-state index in [0.717, 1.165) is 25.7 Å². The highest BCUT2D eigenvalue weighted by Gasteiger charge is 2.53. The van der Waals surface area contributed by atoms with Crippen LogP contribution in [0.3, 0.4) is 0 Å². The number of hydrogen-bond acceptors (Lipinski definition) is 2. The van der Waals surface area contributed by atoms with Crippen molar-refractivity contribution in [3.63, 3.8) is 0 Å². The molecule has 1 unspecified atom stereocenters. The average molecular weight is 285 g/mol. The maximum atomic E-state index is 12.6. The second-order valence-corrected chi connectivity index (χ2v) is 6.00. The van der Waals surface area contributed by atoms with Gasteiger partial charge < -0.3 is 10.2 Å². The normalized spacial score (nSPS) is 26.7. The van der Waals surface area contributed by atoms with Gasteiger partial charge in [-0.15, -0.1) is 0 Å². The van der Waals surface area contributed by atoms with Crippen LogP contribution in [0.2, 0.25) is 0 Å². The average Bonchev–Trinajstić information content (AvgIpc) is 2.84. The van der Waals surface area contributed by atoms with Gasteiger partial charge in [-0.05, 0) is 18.8 Å². The minimum atomic E-state index is -0.640. The van der Waals surface area contributed by atoms with Gasteiger partial charge in [0.15, 0.2) is 0 Å². The molecule has 4 nitrogen and oxygen atoms in total. The minimum Gasteiger partial charge on any atom is -0.342 e. The van der Waals surface area contributed by atoms with Crippen molar-refractivity contribution in [2.75, 3.05) is 6.54 Å². The Morgan fingerprint density at radius 2 is 2.05 bits per heavy atom. The van der Waals surface area contributed by atoms with Gasteiger partial charge in [-0.1, -0.05) is 44.4 Å². The second kappa shape index (κ2) is 5.53. The van der Waals surface area contributed by atoms with E-state index in [2.05, 4.69) is 5.32 Å². The lowest BCUT2D eigenvalue weighted by Gasteiger charge is -2.46. The van der Waals surface area contributed by atoms with E-state index >= 15 is 0 Å². The molecular formula is C14H21ClN2O2. The molecule has 2 fully saturated rings. The highest BCUT2D eigenvalue weighted by Crippen LogP contribution is 2.38. The van der Waals surface area contributed by atoms with Gasteiger partial charge in [-0.25, -0.2) is 0 Å². The van der Waals surface area contributed by atoms with E-state index < -0.39 is 11.6 Å². The monoisotopic (exact) mass is 284 g/mol. The highest BCUT2D eigenvalue weighted by atomic mass is 35.5. The molecule has 19 heavy (non-hydrogen) atoms. The number of nitrogens with zero attached hydrogens (tertiary/aromatic N) is 1. The summed E-state index contributed by atoms with van der Waals surface area (Å²) >= 11 is 5.58. The molecule has 1 aliphatic carbocycles. The lowest BCUT2D eigenvalue weighted by molar-refractivity contribution is -0.157. The maximum Gasteiger partial charge on any atom is 0.246 e. The molecule has 1 saturated heterocycles. The van der Waals surface area contributed by atoms with Crippen LogP contribution in [-0.2, 0) is 9.59 Å². The van der Waals surface area contributed by atoms with Gasteiger partial charge >= 0.3 is 0 Å². The highest BCUT2D eigenvalue weighted by molar-refractivity contribution is 6.25. The van der Waals surface area contributed by atoms with E-state index in [1.807, 2.05) is 13.8 Å². The van der Waals surface area contributed by atoms with Crippen LogP contribution in [0.4, 0.5) is 0 Å². The first-order valence-electron chi connectivity index (χ1n) is 6.90. The zero-order valence-corrected chi connectivity index (χ0v) is 12.2. The number of rotatable bonds is 3. The van der Waals surface area contributed by atoms with Crippen LogP contribution in [-0.4, -0.2) is 34.8 Å². The summed E-state index contributed by atoms with van der Waals surface area (Å²) in [5, 5.41) is 2.92. The third-order valence-corrected chi connectivity index (χ3v) is 4.41. The molecule has 2 amide bonds. The summed E-state index contributed by atoms with van der Waals surface area (Å²) in [6.45, 7) is 4.31. The molecule has 0 aromatic heterocycles. The topological polar surface area (TPSA) is 49.4 Å². The molecule has 2 aliphatic rings. The molecular weight excluding hydrogens is 264 g/mol. The Kier molecular flexibility index (Phi) is 4.19. The van der Waals surface area contributed by atoms with Crippen molar-refractivity contribution in [2.24, 2.45) is 5.92 Å². The third kappa shape index (κ3) is 2.38. The van der Waals surface area contributed by atoms with Gasteiger partial charge in [-0.2, -0.15) is 0 Å². The fourth-order valence-corrected chi connectivity index (χ4v) is 3.24. The summed E-state index contributed by atoms with van der Waals surface area (Å²) in [6.07, 6.45) is 5.23. The zero-order chi connectivity index (χ0) is 14.0. The fraction of sp³-hybridized carbons (Fsp3) is 0.714. The van der Waals surface area contributed by atoms with E-state index in [-0.39, 0.29) is 17.7 Å². The predicted octanol–water partition coefficient (Wildman–Crippen LogP) is 2.03. The molecule has 1 atom stereocenters.